The van der Waals surface area contributed by atoms with E-state index in [1.165, 1.54) is 19.3 Å². The molecule has 2 nitrogen and oxygen atoms in total. The summed E-state index contributed by atoms with van der Waals surface area (Å²) in [6, 6.07) is 0. The van der Waals surface area contributed by atoms with Gasteiger partial charge in [0.15, 0.2) is 0 Å². The topological polar surface area (TPSA) is 18.5 Å². The second kappa shape index (κ2) is 3.11. The minimum absolute atomic E-state index is 0.410. The first-order valence-corrected chi connectivity index (χ1v) is 4.59. The normalized spacial score (nSPS) is 45.0. The van der Waals surface area contributed by atoms with Gasteiger partial charge in [0.2, 0.25) is 0 Å². The molecule has 11 heavy (non-hydrogen) atoms. The van der Waals surface area contributed by atoms with Crippen molar-refractivity contribution in [3.8, 4) is 0 Å². The van der Waals surface area contributed by atoms with Crippen molar-refractivity contribution in [2.75, 3.05) is 13.2 Å². The van der Waals surface area contributed by atoms with Crippen LogP contribution in [-0.4, -0.2) is 25.4 Å². The largest absolute Gasteiger partial charge is 0.373 e. The van der Waals surface area contributed by atoms with Crippen molar-refractivity contribution in [3.05, 3.63) is 0 Å². The molecule has 1 heterocycles. The molecule has 0 aromatic heterocycles. The van der Waals surface area contributed by atoms with Gasteiger partial charge in [-0.2, -0.15) is 0 Å². The van der Waals surface area contributed by atoms with Crippen LogP contribution >= 0.6 is 0 Å². The Morgan fingerprint density at radius 3 is 2.55 bits per heavy atom. The molecule has 0 radical (unpaired) electrons. The van der Waals surface area contributed by atoms with Gasteiger partial charge in [-0.25, -0.2) is 0 Å². The average molecular weight is 156 g/mol. The fourth-order valence-corrected chi connectivity index (χ4v) is 2.07. The zero-order valence-corrected chi connectivity index (χ0v) is 7.08. The lowest BCUT2D eigenvalue weighted by molar-refractivity contribution is -0.160. The molecule has 1 aliphatic heterocycles. The third-order valence-corrected chi connectivity index (χ3v) is 2.74. The second-order valence-corrected chi connectivity index (χ2v) is 3.74. The Morgan fingerprint density at radius 2 is 1.73 bits per heavy atom. The molecule has 2 aliphatic rings. The van der Waals surface area contributed by atoms with Gasteiger partial charge in [-0.1, -0.05) is 6.92 Å². The maximum atomic E-state index is 5.63. The fraction of sp³-hybridized carbons (Fsp3) is 1.00. The van der Waals surface area contributed by atoms with Crippen LogP contribution in [-0.2, 0) is 9.47 Å². The molecule has 2 heteroatoms. The summed E-state index contributed by atoms with van der Waals surface area (Å²) in [6.07, 6.45) is 4.54. The Hall–Kier alpha value is -0.0800. The Bertz CT molecular complexity index is 136. The van der Waals surface area contributed by atoms with Gasteiger partial charge in [-0.15, -0.1) is 0 Å². The van der Waals surface area contributed by atoms with Gasteiger partial charge < -0.3 is 9.47 Å². The van der Waals surface area contributed by atoms with Crippen molar-refractivity contribution in [3.63, 3.8) is 0 Å². The minimum atomic E-state index is 0.410. The van der Waals surface area contributed by atoms with Crippen molar-refractivity contribution < 1.29 is 9.47 Å². The van der Waals surface area contributed by atoms with Crippen molar-refractivity contribution in [1.82, 2.24) is 0 Å². The minimum Gasteiger partial charge on any atom is -0.373 e. The van der Waals surface area contributed by atoms with Gasteiger partial charge in [0, 0.05) is 0 Å². The highest BCUT2D eigenvalue weighted by Crippen LogP contribution is 2.29. The number of fused-ring (bicyclic) bond motifs is 1. The molecule has 0 spiro atoms. The molecular formula is C9H16O2. The molecule has 0 amide bonds. The summed E-state index contributed by atoms with van der Waals surface area (Å²) in [5.41, 5.74) is 0. The van der Waals surface area contributed by atoms with Gasteiger partial charge in [0.25, 0.3) is 0 Å². The number of hydrogen-bond donors (Lipinski definition) is 0. The quantitative estimate of drug-likeness (QED) is 0.530. The zero-order chi connectivity index (χ0) is 7.68. The summed E-state index contributed by atoms with van der Waals surface area (Å²) >= 11 is 0. The molecule has 3 unspecified atom stereocenters. The van der Waals surface area contributed by atoms with E-state index in [9.17, 15) is 0 Å². The predicted octanol–water partition coefficient (Wildman–Crippen LogP) is 1.59. The van der Waals surface area contributed by atoms with Gasteiger partial charge >= 0.3 is 0 Å². The zero-order valence-electron chi connectivity index (χ0n) is 7.08. The molecule has 0 aromatic carbocycles. The standard InChI is InChI=1S/C9H16O2/c1-7-2-3-8-9(6-7)11-5-4-10-8/h7-9H,2-6H2,1H3. The third-order valence-electron chi connectivity index (χ3n) is 2.74. The maximum absolute atomic E-state index is 5.63. The Kier molecular flexibility index (Phi) is 2.14. The summed E-state index contributed by atoms with van der Waals surface area (Å²) in [5.74, 6) is 0.831. The van der Waals surface area contributed by atoms with Crippen molar-refractivity contribution in [2.45, 2.75) is 38.4 Å². The summed E-state index contributed by atoms with van der Waals surface area (Å²) < 4.78 is 11.2. The van der Waals surface area contributed by atoms with Crippen LogP contribution in [0.4, 0.5) is 0 Å². The van der Waals surface area contributed by atoms with Gasteiger partial charge in [-0.3, -0.25) is 0 Å². The number of hydrogen-bond acceptors (Lipinski definition) is 2. The van der Waals surface area contributed by atoms with Crippen molar-refractivity contribution in [2.24, 2.45) is 5.92 Å². The summed E-state index contributed by atoms with van der Waals surface area (Å²) in [6.45, 7) is 3.90. The van der Waals surface area contributed by atoms with Crippen LogP contribution in [0.15, 0.2) is 0 Å². The van der Waals surface area contributed by atoms with Gasteiger partial charge in [-0.05, 0) is 25.2 Å². The van der Waals surface area contributed by atoms with E-state index in [2.05, 4.69) is 6.92 Å². The molecule has 64 valence electrons. The van der Waals surface area contributed by atoms with E-state index in [0.717, 1.165) is 19.1 Å². The lowest BCUT2D eigenvalue weighted by Crippen LogP contribution is -2.42. The molecule has 1 aliphatic carbocycles. The third kappa shape index (κ3) is 1.57. The van der Waals surface area contributed by atoms with E-state index in [-0.39, 0.29) is 0 Å². The van der Waals surface area contributed by atoms with Crippen LogP contribution in [0.25, 0.3) is 0 Å². The number of rotatable bonds is 0. The van der Waals surface area contributed by atoms with Crippen molar-refractivity contribution in [1.29, 1.82) is 0 Å². The molecule has 1 saturated heterocycles. The lowest BCUT2D eigenvalue weighted by Gasteiger charge is -2.37. The molecule has 1 saturated carbocycles. The highest BCUT2D eigenvalue weighted by atomic mass is 16.6. The highest BCUT2D eigenvalue weighted by molar-refractivity contribution is 4.81. The maximum Gasteiger partial charge on any atom is 0.0840 e. The van der Waals surface area contributed by atoms with Crippen LogP contribution in [0.3, 0.4) is 0 Å². The van der Waals surface area contributed by atoms with E-state index in [1.54, 1.807) is 0 Å². The molecule has 0 N–H and O–H groups in total. The smallest absolute Gasteiger partial charge is 0.0840 e. The predicted molar refractivity (Wildman–Crippen MR) is 42.5 cm³/mol. The first-order chi connectivity index (χ1) is 5.36. The van der Waals surface area contributed by atoms with Crippen LogP contribution in [0.2, 0.25) is 0 Å². The second-order valence-electron chi connectivity index (χ2n) is 3.74. The molecule has 0 bridgehead atoms. The summed E-state index contributed by atoms with van der Waals surface area (Å²) in [5, 5.41) is 0. The molecule has 2 rings (SSSR count). The first kappa shape index (κ1) is 7.56. The summed E-state index contributed by atoms with van der Waals surface area (Å²) in [4.78, 5) is 0. The lowest BCUT2D eigenvalue weighted by atomic mass is 9.86. The van der Waals surface area contributed by atoms with Crippen LogP contribution in [0, 0.1) is 5.92 Å². The van der Waals surface area contributed by atoms with Gasteiger partial charge in [0.1, 0.15) is 0 Å². The molecule has 0 aromatic rings. The molecule has 3 atom stereocenters. The van der Waals surface area contributed by atoms with E-state index in [1.807, 2.05) is 0 Å². The van der Waals surface area contributed by atoms with Crippen molar-refractivity contribution >= 4 is 0 Å². The van der Waals surface area contributed by atoms with E-state index in [4.69, 9.17) is 9.47 Å². The Balaban J connectivity index is 1.93. The molecular weight excluding hydrogens is 140 g/mol. The highest BCUT2D eigenvalue weighted by Gasteiger charge is 2.32. The van der Waals surface area contributed by atoms with E-state index >= 15 is 0 Å². The Morgan fingerprint density at radius 1 is 1.00 bits per heavy atom. The van der Waals surface area contributed by atoms with Crippen LogP contribution in [0.1, 0.15) is 26.2 Å². The monoisotopic (exact) mass is 156 g/mol. The Labute approximate surface area is 67.9 Å². The summed E-state index contributed by atoms with van der Waals surface area (Å²) in [7, 11) is 0. The van der Waals surface area contributed by atoms with Crippen LogP contribution < -0.4 is 0 Å². The van der Waals surface area contributed by atoms with Gasteiger partial charge in [0.05, 0.1) is 25.4 Å². The van der Waals surface area contributed by atoms with E-state index < -0.39 is 0 Å². The first-order valence-electron chi connectivity index (χ1n) is 4.59. The fourth-order valence-electron chi connectivity index (χ4n) is 2.07. The number of ether oxygens (including phenoxy) is 2. The van der Waals surface area contributed by atoms with Crippen LogP contribution in [0.5, 0.6) is 0 Å². The average Bonchev–Trinajstić information content (AvgIpc) is 2.04. The SMILES string of the molecule is CC1CCC2OCCOC2C1. The molecule has 2 fully saturated rings. The van der Waals surface area contributed by atoms with E-state index in [0.29, 0.717) is 12.2 Å².